The zero-order chi connectivity index (χ0) is 24.4. The molecule has 1 aliphatic heterocycles. The number of methoxy groups -OCH3 is 1. The van der Waals surface area contributed by atoms with Gasteiger partial charge in [0.15, 0.2) is 0 Å². The molecule has 8 heteroatoms. The van der Waals surface area contributed by atoms with Crippen LogP contribution in [-0.2, 0) is 16.1 Å². The maximum Gasteiger partial charge on any atom is 0.296 e. The van der Waals surface area contributed by atoms with Crippen molar-refractivity contribution in [2.75, 3.05) is 13.7 Å². The monoisotopic (exact) mass is 481 g/mol. The van der Waals surface area contributed by atoms with E-state index in [2.05, 4.69) is 0 Å². The largest absolute Gasteiger partial charge is 0.507 e. The van der Waals surface area contributed by atoms with Gasteiger partial charge in [0.1, 0.15) is 34.8 Å². The zero-order valence-corrected chi connectivity index (χ0v) is 19.8. The number of hydrogen-bond acceptors (Lipinski definition) is 6. The number of ether oxygens (including phenoxy) is 2. The lowest BCUT2D eigenvalue weighted by Gasteiger charge is -2.24. The molecule has 1 aromatic heterocycles. The van der Waals surface area contributed by atoms with Crippen molar-refractivity contribution < 1.29 is 28.6 Å². The number of hydrogen-bond donors (Lipinski definition) is 1. The summed E-state index contributed by atoms with van der Waals surface area (Å²) in [6.45, 7) is 4.04. The van der Waals surface area contributed by atoms with E-state index in [-0.39, 0.29) is 17.9 Å². The highest BCUT2D eigenvalue weighted by atomic mass is 35.5. The Morgan fingerprint density at radius 1 is 1.12 bits per heavy atom. The first-order chi connectivity index (χ1) is 16.3. The van der Waals surface area contributed by atoms with E-state index in [1.54, 1.807) is 43.3 Å². The summed E-state index contributed by atoms with van der Waals surface area (Å²) in [6, 6.07) is 14.4. The van der Waals surface area contributed by atoms with Gasteiger partial charge in [0.25, 0.3) is 11.7 Å². The Bertz CT molecular complexity index is 1280. The number of Topliss-reactive ketones (excluding diaryl/α,β-unsaturated/α-hetero) is 1. The molecule has 3 aromatic rings. The van der Waals surface area contributed by atoms with Crippen LogP contribution in [0.3, 0.4) is 0 Å². The Morgan fingerprint density at radius 2 is 1.88 bits per heavy atom. The van der Waals surface area contributed by atoms with Crippen molar-refractivity contribution in [3.05, 3.63) is 87.8 Å². The van der Waals surface area contributed by atoms with Crippen LogP contribution in [0.25, 0.3) is 5.76 Å². The predicted molar refractivity (Wildman–Crippen MR) is 127 cm³/mol. The maximum absolute atomic E-state index is 13.2. The summed E-state index contributed by atoms with van der Waals surface area (Å²) in [5.74, 6) is 0.0391. The number of carbonyl (C=O) groups excluding carboxylic acids is 2. The fraction of sp³-hybridized carbons (Fsp3) is 0.231. The van der Waals surface area contributed by atoms with Crippen molar-refractivity contribution >= 4 is 29.1 Å². The molecule has 0 saturated carbocycles. The van der Waals surface area contributed by atoms with Gasteiger partial charge in [-0.2, -0.15) is 0 Å². The third-order valence-corrected chi connectivity index (χ3v) is 5.92. The van der Waals surface area contributed by atoms with Crippen LogP contribution >= 0.6 is 11.6 Å². The van der Waals surface area contributed by atoms with Gasteiger partial charge in [-0.3, -0.25) is 9.59 Å². The van der Waals surface area contributed by atoms with Gasteiger partial charge in [-0.15, -0.1) is 0 Å². The molecule has 0 bridgehead atoms. The molecule has 4 rings (SSSR count). The molecule has 0 aliphatic carbocycles. The number of para-hydroxylation sites is 1. The van der Waals surface area contributed by atoms with E-state index in [0.29, 0.717) is 45.8 Å². The fourth-order valence-electron chi connectivity index (χ4n) is 4.03. The molecule has 0 radical (unpaired) electrons. The number of nitrogens with zero attached hydrogens (tertiary/aromatic N) is 1. The molecular formula is C26H24ClNO6. The van der Waals surface area contributed by atoms with Crippen LogP contribution in [0.2, 0.25) is 5.02 Å². The molecule has 1 fully saturated rings. The number of aryl methyl sites for hydroxylation is 1. The number of benzene rings is 2. The summed E-state index contributed by atoms with van der Waals surface area (Å²) < 4.78 is 16.8. The van der Waals surface area contributed by atoms with Crippen LogP contribution in [0.5, 0.6) is 11.5 Å². The van der Waals surface area contributed by atoms with Gasteiger partial charge in [0.05, 0.1) is 30.9 Å². The summed E-state index contributed by atoms with van der Waals surface area (Å²) in [5.41, 5.74) is 0.945. The average Bonchev–Trinajstić information content (AvgIpc) is 3.36. The third-order valence-electron chi connectivity index (χ3n) is 5.61. The van der Waals surface area contributed by atoms with Crippen LogP contribution in [-0.4, -0.2) is 35.4 Å². The van der Waals surface area contributed by atoms with E-state index in [4.69, 9.17) is 25.5 Å². The number of halogens is 1. The molecule has 2 aromatic carbocycles. The van der Waals surface area contributed by atoms with E-state index in [0.717, 1.165) is 0 Å². The Morgan fingerprint density at radius 3 is 2.56 bits per heavy atom. The molecule has 1 N–H and O–H groups in total. The minimum absolute atomic E-state index is 0.0704. The topological polar surface area (TPSA) is 89.2 Å². The first-order valence-corrected chi connectivity index (χ1v) is 11.1. The molecule has 1 amide bonds. The van der Waals surface area contributed by atoms with E-state index in [1.807, 2.05) is 25.1 Å². The molecule has 2 heterocycles. The second kappa shape index (κ2) is 9.65. The highest BCUT2D eigenvalue weighted by Crippen LogP contribution is 2.42. The van der Waals surface area contributed by atoms with Gasteiger partial charge in [-0.1, -0.05) is 29.8 Å². The second-order valence-corrected chi connectivity index (χ2v) is 8.17. The molecule has 34 heavy (non-hydrogen) atoms. The SMILES string of the molecule is CCOc1cc(/C(O)=C2\C(=O)C(=O)N(Cc3ccccc3OC)C2c2ccc(C)o2)ccc1Cl. The molecule has 7 nitrogen and oxygen atoms in total. The molecule has 176 valence electrons. The Hall–Kier alpha value is -3.71. The molecule has 1 saturated heterocycles. The molecule has 0 spiro atoms. The zero-order valence-electron chi connectivity index (χ0n) is 19.0. The van der Waals surface area contributed by atoms with Crippen molar-refractivity contribution in [1.29, 1.82) is 0 Å². The minimum Gasteiger partial charge on any atom is -0.507 e. The van der Waals surface area contributed by atoms with Crippen molar-refractivity contribution in [2.24, 2.45) is 0 Å². The number of aliphatic hydroxyl groups excluding tert-OH is 1. The number of likely N-dealkylation sites (tertiary alicyclic amines) is 1. The Balaban J connectivity index is 1.85. The van der Waals surface area contributed by atoms with Crippen LogP contribution in [0.15, 0.2) is 64.6 Å². The van der Waals surface area contributed by atoms with E-state index < -0.39 is 17.7 Å². The van der Waals surface area contributed by atoms with Crippen LogP contribution < -0.4 is 9.47 Å². The summed E-state index contributed by atoms with van der Waals surface area (Å²) in [7, 11) is 1.54. The minimum atomic E-state index is -0.926. The first-order valence-electron chi connectivity index (χ1n) is 10.7. The van der Waals surface area contributed by atoms with Crippen molar-refractivity contribution in [2.45, 2.75) is 26.4 Å². The molecule has 1 atom stereocenters. The standard InChI is InChI=1S/C26H24ClNO6/c1-4-33-21-13-16(10-11-18(21)27)24(29)22-23(20-12-9-15(2)34-20)28(26(31)25(22)30)14-17-7-5-6-8-19(17)32-3/h5-13,23,29H,4,14H2,1-3H3/b24-22+. The lowest BCUT2D eigenvalue weighted by atomic mass is 9.99. The van der Waals surface area contributed by atoms with Crippen LogP contribution in [0.1, 0.15) is 35.6 Å². The number of ketones is 1. The predicted octanol–water partition coefficient (Wildman–Crippen LogP) is 5.27. The van der Waals surface area contributed by atoms with Gasteiger partial charge in [-0.25, -0.2) is 0 Å². The van der Waals surface area contributed by atoms with Gasteiger partial charge in [-0.05, 0) is 50.2 Å². The average molecular weight is 482 g/mol. The third kappa shape index (κ3) is 4.26. The maximum atomic E-state index is 13.2. The van der Waals surface area contributed by atoms with Gasteiger partial charge < -0.3 is 23.9 Å². The Labute approximate surface area is 202 Å². The fourth-order valence-corrected chi connectivity index (χ4v) is 4.20. The van der Waals surface area contributed by atoms with Crippen LogP contribution in [0.4, 0.5) is 0 Å². The number of carbonyl (C=O) groups is 2. The molecule has 1 aliphatic rings. The summed E-state index contributed by atoms with van der Waals surface area (Å²) in [4.78, 5) is 27.8. The highest BCUT2D eigenvalue weighted by molar-refractivity contribution is 6.46. The van der Waals surface area contributed by atoms with E-state index in [9.17, 15) is 14.7 Å². The number of aliphatic hydroxyl groups is 1. The second-order valence-electron chi connectivity index (χ2n) is 7.77. The molecular weight excluding hydrogens is 458 g/mol. The Kier molecular flexibility index (Phi) is 6.65. The summed E-state index contributed by atoms with van der Waals surface area (Å²) in [6.07, 6.45) is 0. The van der Waals surface area contributed by atoms with Gasteiger partial charge in [0.2, 0.25) is 0 Å². The lowest BCUT2D eigenvalue weighted by molar-refractivity contribution is -0.140. The highest BCUT2D eigenvalue weighted by Gasteiger charge is 2.47. The van der Waals surface area contributed by atoms with Crippen molar-refractivity contribution in [1.82, 2.24) is 4.90 Å². The lowest BCUT2D eigenvalue weighted by Crippen LogP contribution is -2.29. The van der Waals surface area contributed by atoms with Crippen LogP contribution in [0, 0.1) is 6.92 Å². The van der Waals surface area contributed by atoms with E-state index in [1.165, 1.54) is 12.0 Å². The smallest absolute Gasteiger partial charge is 0.296 e. The first kappa shape index (κ1) is 23.4. The van der Waals surface area contributed by atoms with E-state index >= 15 is 0 Å². The normalized spacial score (nSPS) is 17.3. The molecule has 1 unspecified atom stereocenters. The van der Waals surface area contributed by atoms with Gasteiger partial charge >= 0.3 is 0 Å². The summed E-state index contributed by atoms with van der Waals surface area (Å²) >= 11 is 6.18. The number of rotatable bonds is 7. The van der Waals surface area contributed by atoms with Crippen molar-refractivity contribution in [3.63, 3.8) is 0 Å². The van der Waals surface area contributed by atoms with Crippen molar-refractivity contribution in [3.8, 4) is 11.5 Å². The van der Waals surface area contributed by atoms with Gasteiger partial charge in [0, 0.05) is 11.1 Å². The number of furan rings is 1. The number of amides is 1. The quantitative estimate of drug-likeness (QED) is 0.281. The summed E-state index contributed by atoms with van der Waals surface area (Å²) in [5, 5.41) is 11.6.